The summed E-state index contributed by atoms with van der Waals surface area (Å²) in [6.45, 7) is 7.58. The van der Waals surface area contributed by atoms with Crippen molar-refractivity contribution in [3.63, 3.8) is 0 Å². The first-order valence-corrected chi connectivity index (χ1v) is 6.21. The second-order valence-corrected chi connectivity index (χ2v) is 5.53. The zero-order chi connectivity index (χ0) is 12.2. The Labute approximate surface area is 106 Å². The topological polar surface area (TPSA) is 35.8 Å². The lowest BCUT2D eigenvalue weighted by Gasteiger charge is -2.24. The first-order valence-electron chi connectivity index (χ1n) is 5.42. The zero-order valence-electron chi connectivity index (χ0n) is 9.97. The highest BCUT2D eigenvalue weighted by Gasteiger charge is 2.14. The van der Waals surface area contributed by atoms with Crippen LogP contribution in [0.4, 0.5) is 5.69 Å². The van der Waals surface area contributed by atoms with Gasteiger partial charge in [0, 0.05) is 16.7 Å². The van der Waals surface area contributed by atoms with Crippen LogP contribution in [0.2, 0.25) is 0 Å². The molecule has 1 N–H and O–H groups in total. The third-order valence-corrected chi connectivity index (χ3v) is 3.47. The van der Waals surface area contributed by atoms with Crippen molar-refractivity contribution >= 4 is 21.6 Å². The second-order valence-electron chi connectivity index (χ2n) is 4.68. The van der Waals surface area contributed by atoms with Crippen LogP contribution < -0.4 is 5.32 Å². The predicted octanol–water partition coefficient (Wildman–Crippen LogP) is 4.17. The summed E-state index contributed by atoms with van der Waals surface area (Å²) < 4.78 is 0.943. The molecule has 0 aliphatic heterocycles. The van der Waals surface area contributed by atoms with Gasteiger partial charge < -0.3 is 5.32 Å². The lowest BCUT2D eigenvalue weighted by Crippen LogP contribution is -2.22. The lowest BCUT2D eigenvalue weighted by molar-refractivity contribution is 0.377. The van der Waals surface area contributed by atoms with Gasteiger partial charge in [0.25, 0.3) is 0 Å². The molecule has 0 fully saturated rings. The summed E-state index contributed by atoms with van der Waals surface area (Å²) in [4.78, 5) is 0. The van der Waals surface area contributed by atoms with E-state index in [2.05, 4.69) is 48.1 Å². The minimum absolute atomic E-state index is 0.285. The Morgan fingerprint density at radius 3 is 2.62 bits per heavy atom. The fourth-order valence-corrected chi connectivity index (χ4v) is 1.71. The molecular weight excluding hydrogens is 264 g/mol. The van der Waals surface area contributed by atoms with E-state index in [1.165, 1.54) is 0 Å². The monoisotopic (exact) mass is 280 g/mol. The van der Waals surface area contributed by atoms with Crippen molar-refractivity contribution in [2.75, 3.05) is 11.9 Å². The molecule has 0 saturated carbocycles. The fraction of sp³-hybridized carbons (Fsp3) is 0.462. The zero-order valence-corrected chi connectivity index (χ0v) is 11.6. The molecule has 2 nitrogen and oxygen atoms in total. The molecule has 16 heavy (non-hydrogen) atoms. The number of halogens is 1. The Bertz CT molecular complexity index is 405. The van der Waals surface area contributed by atoms with E-state index in [4.69, 9.17) is 5.26 Å². The Balaban J connectivity index is 2.73. The molecule has 0 amide bonds. The summed E-state index contributed by atoms with van der Waals surface area (Å²) in [5, 5.41) is 12.2. The molecule has 0 aliphatic carbocycles. The minimum atomic E-state index is 0.285. The summed E-state index contributed by atoms with van der Waals surface area (Å²) in [6.07, 6.45) is 1.13. The van der Waals surface area contributed by atoms with Gasteiger partial charge in [-0.15, -0.1) is 0 Å². The van der Waals surface area contributed by atoms with Crippen LogP contribution in [0.1, 0.15) is 32.8 Å². The van der Waals surface area contributed by atoms with Crippen LogP contribution in [0, 0.1) is 16.7 Å². The van der Waals surface area contributed by atoms with E-state index >= 15 is 0 Å². The highest BCUT2D eigenvalue weighted by Crippen LogP contribution is 2.26. The highest BCUT2D eigenvalue weighted by atomic mass is 79.9. The molecule has 1 rings (SSSR count). The minimum Gasteiger partial charge on any atom is -0.384 e. The molecule has 1 aromatic carbocycles. The largest absolute Gasteiger partial charge is 0.384 e. The molecular formula is C13H17BrN2. The van der Waals surface area contributed by atoms with Crippen molar-refractivity contribution in [3.05, 3.63) is 28.2 Å². The Morgan fingerprint density at radius 2 is 2.12 bits per heavy atom. The van der Waals surface area contributed by atoms with Crippen LogP contribution in [0.5, 0.6) is 0 Å². The normalized spacial score (nSPS) is 10.9. The third kappa shape index (κ3) is 3.53. The third-order valence-electron chi connectivity index (χ3n) is 2.81. The molecule has 86 valence electrons. The van der Waals surface area contributed by atoms with E-state index in [1.54, 1.807) is 0 Å². The van der Waals surface area contributed by atoms with Crippen molar-refractivity contribution in [2.45, 2.75) is 27.2 Å². The lowest BCUT2D eigenvalue weighted by atomic mass is 9.90. The average molecular weight is 281 g/mol. The van der Waals surface area contributed by atoms with Crippen LogP contribution in [0.15, 0.2) is 22.7 Å². The quantitative estimate of drug-likeness (QED) is 0.899. The predicted molar refractivity (Wildman–Crippen MR) is 71.4 cm³/mol. The van der Waals surface area contributed by atoms with Gasteiger partial charge in [-0.25, -0.2) is 0 Å². The van der Waals surface area contributed by atoms with Gasteiger partial charge in [0.2, 0.25) is 0 Å². The fourth-order valence-electron chi connectivity index (χ4n) is 1.19. The maximum absolute atomic E-state index is 8.76. The number of anilines is 1. The second kappa shape index (κ2) is 5.36. The van der Waals surface area contributed by atoms with Gasteiger partial charge in [0.1, 0.15) is 0 Å². The van der Waals surface area contributed by atoms with Crippen molar-refractivity contribution in [1.29, 1.82) is 5.26 Å². The Kier molecular flexibility index (Phi) is 4.37. The van der Waals surface area contributed by atoms with E-state index in [1.807, 2.05) is 18.2 Å². The number of hydrogen-bond acceptors (Lipinski definition) is 2. The summed E-state index contributed by atoms with van der Waals surface area (Å²) in [5.74, 6) is 0. The van der Waals surface area contributed by atoms with Crippen molar-refractivity contribution in [2.24, 2.45) is 5.41 Å². The molecule has 0 bridgehead atoms. The van der Waals surface area contributed by atoms with Crippen LogP contribution >= 0.6 is 15.9 Å². The molecule has 1 aromatic rings. The molecule has 0 atom stereocenters. The standard InChI is InChI=1S/C13H17BrN2/c1-4-13(2,3)9-16-12-6-5-10(8-15)7-11(12)14/h5-7,16H,4,9H2,1-3H3. The van der Waals surface area contributed by atoms with E-state index in [0.29, 0.717) is 5.56 Å². The Hall–Kier alpha value is -1.01. The van der Waals surface area contributed by atoms with Gasteiger partial charge in [-0.3, -0.25) is 0 Å². The van der Waals surface area contributed by atoms with E-state index in [-0.39, 0.29) is 5.41 Å². The first-order chi connectivity index (χ1) is 7.48. The smallest absolute Gasteiger partial charge is 0.0992 e. The number of nitriles is 1. The molecule has 0 aliphatic rings. The molecule has 0 radical (unpaired) electrons. The van der Waals surface area contributed by atoms with E-state index in [9.17, 15) is 0 Å². The average Bonchev–Trinajstić information content (AvgIpc) is 2.27. The van der Waals surface area contributed by atoms with Gasteiger partial charge in [-0.05, 0) is 46.0 Å². The van der Waals surface area contributed by atoms with Gasteiger partial charge in [-0.1, -0.05) is 20.8 Å². The van der Waals surface area contributed by atoms with Crippen LogP contribution in [-0.2, 0) is 0 Å². The maximum atomic E-state index is 8.76. The van der Waals surface area contributed by atoms with Gasteiger partial charge in [-0.2, -0.15) is 5.26 Å². The van der Waals surface area contributed by atoms with Gasteiger partial charge >= 0.3 is 0 Å². The number of hydrogen-bond donors (Lipinski definition) is 1. The van der Waals surface area contributed by atoms with Gasteiger partial charge in [0.05, 0.1) is 11.6 Å². The summed E-state index contributed by atoms with van der Waals surface area (Å²) in [6, 6.07) is 7.72. The number of nitrogens with one attached hydrogen (secondary N) is 1. The summed E-state index contributed by atoms with van der Waals surface area (Å²) >= 11 is 3.46. The van der Waals surface area contributed by atoms with Crippen LogP contribution in [0.25, 0.3) is 0 Å². The van der Waals surface area contributed by atoms with Crippen molar-refractivity contribution in [3.8, 4) is 6.07 Å². The number of rotatable bonds is 4. The molecule has 0 spiro atoms. The molecule has 3 heteroatoms. The van der Waals surface area contributed by atoms with Crippen molar-refractivity contribution in [1.82, 2.24) is 0 Å². The summed E-state index contributed by atoms with van der Waals surface area (Å²) in [7, 11) is 0. The molecule has 0 saturated heterocycles. The number of benzene rings is 1. The SMILES string of the molecule is CCC(C)(C)CNc1ccc(C#N)cc1Br. The first kappa shape index (κ1) is 13.1. The van der Waals surface area contributed by atoms with Crippen LogP contribution in [-0.4, -0.2) is 6.54 Å². The van der Waals surface area contributed by atoms with E-state index in [0.717, 1.165) is 23.1 Å². The molecule has 0 aromatic heterocycles. The molecule has 0 heterocycles. The highest BCUT2D eigenvalue weighted by molar-refractivity contribution is 9.10. The number of nitrogens with zero attached hydrogens (tertiary/aromatic N) is 1. The van der Waals surface area contributed by atoms with Crippen LogP contribution in [0.3, 0.4) is 0 Å². The summed E-state index contributed by atoms with van der Waals surface area (Å²) in [5.41, 5.74) is 2.00. The van der Waals surface area contributed by atoms with Gasteiger partial charge in [0.15, 0.2) is 0 Å². The maximum Gasteiger partial charge on any atom is 0.0992 e. The van der Waals surface area contributed by atoms with E-state index < -0.39 is 0 Å². The molecule has 0 unspecified atom stereocenters. The Morgan fingerprint density at radius 1 is 1.44 bits per heavy atom. The van der Waals surface area contributed by atoms with Crippen molar-refractivity contribution < 1.29 is 0 Å².